The molecule has 0 spiro atoms. The first-order valence-corrected chi connectivity index (χ1v) is 29.1. The van der Waals surface area contributed by atoms with E-state index in [1.807, 2.05) is 0 Å². The fraction of sp³-hybridized carbons (Fsp3) is 0.0260. The number of aromatic nitrogens is 1. The van der Waals surface area contributed by atoms with Crippen molar-refractivity contribution < 1.29 is 4.79 Å². The predicted molar refractivity (Wildman–Crippen MR) is 334 cm³/mol. The summed E-state index contributed by atoms with van der Waals surface area (Å²) in [6, 6.07) is 20.3. The van der Waals surface area contributed by atoms with Crippen LogP contribution < -0.4 is 0 Å². The number of Topliss-reactive ketones (excluding diaryl/α,β-unsaturated/α-hetero) is 1. The van der Waals surface area contributed by atoms with Crippen molar-refractivity contribution in [1.29, 1.82) is 0 Å². The van der Waals surface area contributed by atoms with Crippen LogP contribution in [0.1, 0.15) is 27.9 Å². The summed E-state index contributed by atoms with van der Waals surface area (Å²) < 4.78 is 3.02. The second-order valence-electron chi connectivity index (χ2n) is 28.0. The average molecular weight is 966 g/mol. The van der Waals surface area contributed by atoms with E-state index in [-0.39, 0.29) is 5.78 Å². The smallest absolute Gasteiger partial charge is 0.166 e. The summed E-state index contributed by atoms with van der Waals surface area (Å²) in [7, 11) is 0. The molecule has 0 unspecified atom stereocenters. The zero-order valence-electron chi connectivity index (χ0n) is 40.3. The van der Waals surface area contributed by atoms with Crippen LogP contribution in [-0.4, -0.2) is 10.4 Å². The lowest BCUT2D eigenvalue weighted by Crippen LogP contribution is -2.39. The van der Waals surface area contributed by atoms with E-state index in [0.717, 1.165) is 10.9 Å². The summed E-state index contributed by atoms with van der Waals surface area (Å²) in [4.78, 5) is 17.1. The lowest BCUT2D eigenvalue weighted by Gasteiger charge is -2.41. The first-order valence-electron chi connectivity index (χ1n) is 29.1. The van der Waals surface area contributed by atoms with Crippen LogP contribution in [0.5, 0.6) is 0 Å². The second-order valence-corrected chi connectivity index (χ2v) is 28.0. The molecule has 1 aromatic heterocycles. The normalized spacial score (nSPS) is 17.6. The highest BCUT2D eigenvalue weighted by Gasteiger charge is 2.59. The number of hydrogen-bond acceptors (Lipinski definition) is 1. The second kappa shape index (κ2) is 7.09. The molecule has 1 aliphatic carbocycles. The van der Waals surface area contributed by atoms with Gasteiger partial charge in [0.05, 0.1) is 11.0 Å². The third-order valence-corrected chi connectivity index (χ3v) is 27.1. The molecular formula is C77H11NO. The van der Waals surface area contributed by atoms with Crippen molar-refractivity contribution in [2.45, 2.75) is 12.0 Å². The zero-order valence-corrected chi connectivity index (χ0v) is 40.3. The van der Waals surface area contributed by atoms with Crippen molar-refractivity contribution in [3.8, 4) is 0 Å². The Balaban J connectivity index is 0.982. The monoisotopic (exact) mass is 965 g/mol. The van der Waals surface area contributed by atoms with Gasteiger partial charge in [0.25, 0.3) is 0 Å². The number of ketones is 1. The van der Waals surface area contributed by atoms with Gasteiger partial charge in [-0.15, -0.1) is 0 Å². The van der Waals surface area contributed by atoms with Crippen molar-refractivity contribution in [3.63, 3.8) is 0 Å². The Morgan fingerprint density at radius 3 is 0.823 bits per heavy atom. The molecule has 0 saturated heterocycles. The Morgan fingerprint density at radius 2 is 0.494 bits per heavy atom. The van der Waals surface area contributed by atoms with Gasteiger partial charge in [-0.25, -0.2) is 0 Å². The Kier molecular flexibility index (Phi) is 2.69. The Morgan fingerprint density at radius 1 is 0.253 bits per heavy atom. The van der Waals surface area contributed by atoms with Crippen LogP contribution in [0, 0.1) is 0 Å². The molecule has 0 atom stereocenters. The predicted octanol–water partition coefficient (Wildman–Crippen LogP) is 21.1. The van der Waals surface area contributed by atoms with E-state index in [0.29, 0.717) is 6.42 Å². The van der Waals surface area contributed by atoms with Crippen LogP contribution in [0.2, 0.25) is 0 Å². The quantitative estimate of drug-likeness (QED) is 0.128. The maximum Gasteiger partial charge on any atom is 0.166 e. The Labute approximate surface area is 430 Å². The van der Waals surface area contributed by atoms with E-state index in [1.165, 1.54) is 92.2 Å². The molecule has 2 heteroatoms. The summed E-state index contributed by atoms with van der Waals surface area (Å²) in [5.41, 5.74) is 6.02. The molecule has 0 bridgehead atoms. The van der Waals surface area contributed by atoms with Crippen molar-refractivity contribution in [2.24, 2.45) is 0 Å². The highest BCUT2D eigenvalue weighted by Crippen LogP contribution is 2.81. The van der Waals surface area contributed by atoms with Crippen molar-refractivity contribution in [3.05, 3.63) is 71.3 Å². The molecule has 79 heavy (non-hydrogen) atoms. The summed E-state index contributed by atoms with van der Waals surface area (Å²) >= 11 is 0. The summed E-state index contributed by atoms with van der Waals surface area (Å²) in [5, 5.41) is 92.6. The number of carbonyl (C=O) groups is 1. The van der Waals surface area contributed by atoms with Crippen LogP contribution >= 0.6 is 0 Å². The maximum atomic E-state index is 17.1. The maximum absolute atomic E-state index is 17.1. The van der Waals surface area contributed by atoms with Gasteiger partial charge in [-0.1, -0.05) is 54.6 Å². The molecule has 0 fully saturated rings. The van der Waals surface area contributed by atoms with Crippen LogP contribution in [0.3, 0.4) is 0 Å². The van der Waals surface area contributed by atoms with Gasteiger partial charge in [0.15, 0.2) is 5.78 Å². The molecule has 3 aliphatic rings. The topological polar surface area (TPSA) is 22.0 Å². The van der Waals surface area contributed by atoms with Gasteiger partial charge < -0.3 is 4.57 Å². The molecule has 0 radical (unpaired) electrons. The fourth-order valence-corrected chi connectivity index (χ4v) is 26.4. The molecule has 330 valence electrons. The van der Waals surface area contributed by atoms with Crippen LogP contribution in [0.15, 0.2) is 54.6 Å². The Bertz CT molecular complexity index is 7990. The number of rotatable bonds is 3. The molecule has 3 heterocycles. The van der Waals surface area contributed by atoms with E-state index >= 15 is 4.79 Å². The van der Waals surface area contributed by atoms with E-state index in [1.54, 1.807) is 248 Å². The minimum atomic E-state index is -0.758. The van der Waals surface area contributed by atoms with E-state index in [9.17, 15) is 0 Å². The van der Waals surface area contributed by atoms with Crippen LogP contribution in [-0.2, 0) is 5.54 Å². The van der Waals surface area contributed by atoms with Crippen LogP contribution in [0.25, 0.3) is 334 Å². The summed E-state index contributed by atoms with van der Waals surface area (Å²) in [5.74, 6) is 0.274. The van der Waals surface area contributed by atoms with Gasteiger partial charge in [0, 0.05) is 201 Å². The lowest BCUT2D eigenvalue weighted by molar-refractivity contribution is 0.0956. The van der Waals surface area contributed by atoms with Gasteiger partial charge in [-0.05, 0) is 145 Å². The molecular weight excluding hydrogens is 955 g/mol. The standard InChI is InChI=1S/C77H11NO/c79-16(14-8-6-13-5-4-11-2-1-3-12-7-9-15(14)18(13)17(11)12)10-77-73-65-57-47-37-29-21-19-20-23-27-25(21)33-41(37)51(57)59-53-43(33)35(27)45-39-31(23)32-24(20)28-26-22(19)30(29)38-42-34(26)44-36(28)46-40(32)50-49(39)63-55(45)61(53)69(67(59)73)75-71(63)72-64(50)56(46)62-54(44)60-52(42)58(48(38)47)66(65)74(77)68(60)70(62)76(72)78(75)77/h1-9H,10H2. The molecule has 33 aromatic rings. The number of nitrogens with zero attached hydrogens (tertiary/aromatic N) is 1. The molecule has 32 aromatic carbocycles. The molecule has 2 nitrogen and oxygen atoms in total. The van der Waals surface area contributed by atoms with Gasteiger partial charge in [-0.2, -0.15) is 0 Å². The molecule has 2 aliphatic heterocycles. The third kappa shape index (κ3) is 1.75. The minimum absolute atomic E-state index is 0.274. The zero-order chi connectivity index (χ0) is 47.3. The molecule has 0 amide bonds. The van der Waals surface area contributed by atoms with Gasteiger partial charge >= 0.3 is 0 Å². The summed E-state index contributed by atoms with van der Waals surface area (Å²) in [6.45, 7) is 0. The largest absolute Gasteiger partial charge is 0.324 e. The third-order valence-electron chi connectivity index (χ3n) is 27.1. The van der Waals surface area contributed by atoms with Gasteiger partial charge in [-0.3, -0.25) is 4.79 Å². The highest BCUT2D eigenvalue weighted by atomic mass is 16.1. The lowest BCUT2D eigenvalue weighted by atomic mass is 9.73. The first kappa shape index (κ1) is 30.0. The minimum Gasteiger partial charge on any atom is -0.324 e. The van der Waals surface area contributed by atoms with E-state index < -0.39 is 5.54 Å². The first-order chi connectivity index (χ1) is 39.3. The average Bonchev–Trinajstić information content (AvgIpc) is 1.47. The van der Waals surface area contributed by atoms with E-state index in [4.69, 9.17) is 0 Å². The Hall–Kier alpha value is -10.2. The highest BCUT2D eigenvalue weighted by molar-refractivity contribution is 6.83. The van der Waals surface area contributed by atoms with Crippen molar-refractivity contribution in [2.75, 3.05) is 0 Å². The van der Waals surface area contributed by atoms with E-state index in [2.05, 4.69) is 59.2 Å². The number of benzene rings is 22. The van der Waals surface area contributed by atoms with Gasteiger partial charge in [0.2, 0.25) is 0 Å². The molecule has 36 rings (SSSR count). The SMILES string of the molecule is O=C(CC12c3c4c5c1c1c6c7c5c5c8c4c4c9c3c3c%10c9c9c%11c4c8c4c8c5c7c5c7c6c6c%12c%13c7c7c5c8c5c4c%11c4c9c8c9c%11c4c5c7c%11c%13c4c9c(c8%10)c5c(c4%12)c(c16)n2c35)c1ccc2ccc3cccc4ccc1c2c34. The summed E-state index contributed by atoms with van der Waals surface area (Å²) in [6.07, 6.45) is 0.395. The van der Waals surface area contributed by atoms with Crippen molar-refractivity contribution in [1.82, 2.24) is 4.57 Å². The molecule has 0 N–H and O–H groups in total. The number of carbonyl (C=O) groups excluding carboxylic acids is 1. The van der Waals surface area contributed by atoms with Crippen molar-refractivity contribution >= 4 is 340 Å². The van der Waals surface area contributed by atoms with Gasteiger partial charge in [0.1, 0.15) is 5.54 Å². The fourth-order valence-electron chi connectivity index (χ4n) is 26.4. The molecule has 0 saturated carbocycles. The van der Waals surface area contributed by atoms with Crippen LogP contribution in [0.4, 0.5) is 0 Å². The number of hydrogen-bond donors (Lipinski definition) is 0.